The van der Waals surface area contributed by atoms with E-state index in [0.717, 1.165) is 24.8 Å². The summed E-state index contributed by atoms with van der Waals surface area (Å²) >= 11 is 0. The van der Waals surface area contributed by atoms with Gasteiger partial charge in [-0.1, -0.05) is 61.1 Å². The summed E-state index contributed by atoms with van der Waals surface area (Å²) < 4.78 is 5.79. The monoisotopic (exact) mass is 574 g/mol. The lowest BCUT2D eigenvalue weighted by molar-refractivity contribution is -0.757. The number of carbonyl (C=O) groups excluding carboxylic acids is 2. The molecule has 0 spiro atoms. The van der Waals surface area contributed by atoms with E-state index in [4.69, 9.17) is 4.74 Å². The fourth-order valence-electron chi connectivity index (χ4n) is 5.07. The number of unbranched alkanes of at least 4 members (excludes halogenated alkanes) is 3. The number of nitrogens with one attached hydrogen (secondary N) is 1. The summed E-state index contributed by atoms with van der Waals surface area (Å²) in [7, 11) is 0. The summed E-state index contributed by atoms with van der Waals surface area (Å²) in [6.45, 7) is 2.51. The van der Waals surface area contributed by atoms with Crippen molar-refractivity contribution >= 4 is 11.9 Å². The van der Waals surface area contributed by atoms with Crippen LogP contribution in [0.3, 0.4) is 0 Å². The second-order valence-corrected chi connectivity index (χ2v) is 10.5. The molecule has 1 aromatic rings. The molecule has 0 saturated heterocycles. The SMILES string of the molecule is CCNC(=O)CCCC=CC[C@H]1[C@@H](O)CC(OC(=O)CCCCCO[N+](=O)[O-])[C@@H]1C=C[C@@H](O)CCc1ccccc1. The van der Waals surface area contributed by atoms with Crippen LogP contribution in [0.2, 0.25) is 0 Å². The highest BCUT2D eigenvalue weighted by Crippen LogP contribution is 2.38. The zero-order chi connectivity index (χ0) is 29.9. The number of esters is 1. The molecule has 0 aromatic heterocycles. The molecule has 41 heavy (non-hydrogen) atoms. The van der Waals surface area contributed by atoms with Gasteiger partial charge in [0.05, 0.1) is 18.8 Å². The minimum absolute atomic E-state index is 0.00251. The molecule has 0 bridgehead atoms. The molecule has 0 heterocycles. The van der Waals surface area contributed by atoms with Gasteiger partial charge in [-0.15, -0.1) is 10.1 Å². The van der Waals surface area contributed by atoms with E-state index in [2.05, 4.69) is 10.2 Å². The van der Waals surface area contributed by atoms with E-state index in [1.165, 1.54) is 0 Å². The number of carbonyl (C=O) groups is 2. The quantitative estimate of drug-likeness (QED) is 0.0679. The molecule has 10 heteroatoms. The van der Waals surface area contributed by atoms with E-state index in [1.54, 1.807) is 6.08 Å². The Bertz CT molecular complexity index is 968. The molecule has 3 N–H and O–H groups in total. The van der Waals surface area contributed by atoms with Gasteiger partial charge in [-0.05, 0) is 63.4 Å². The van der Waals surface area contributed by atoms with Crippen molar-refractivity contribution in [2.45, 2.75) is 95.9 Å². The molecule has 0 radical (unpaired) electrons. The number of rotatable bonds is 20. The highest BCUT2D eigenvalue weighted by atomic mass is 16.9. The lowest BCUT2D eigenvalue weighted by Gasteiger charge is -2.22. The minimum atomic E-state index is -0.830. The second kappa shape index (κ2) is 19.8. The van der Waals surface area contributed by atoms with Crippen LogP contribution in [0.15, 0.2) is 54.6 Å². The van der Waals surface area contributed by atoms with Crippen molar-refractivity contribution in [2.75, 3.05) is 13.2 Å². The third-order valence-electron chi connectivity index (χ3n) is 7.25. The Morgan fingerprint density at radius 1 is 1.15 bits per heavy atom. The Balaban J connectivity index is 1.93. The van der Waals surface area contributed by atoms with E-state index >= 15 is 0 Å². The van der Waals surface area contributed by atoms with Crippen molar-refractivity contribution in [3.8, 4) is 0 Å². The van der Waals surface area contributed by atoms with Crippen molar-refractivity contribution in [2.24, 2.45) is 11.8 Å². The van der Waals surface area contributed by atoms with Gasteiger partial charge in [-0.3, -0.25) is 9.59 Å². The number of aliphatic hydroxyl groups is 2. The van der Waals surface area contributed by atoms with Gasteiger partial charge in [0.15, 0.2) is 0 Å². The van der Waals surface area contributed by atoms with Crippen LogP contribution in [0.5, 0.6) is 0 Å². The molecule has 1 aliphatic rings. The average Bonchev–Trinajstić information content (AvgIpc) is 3.23. The molecule has 1 fully saturated rings. The Kier molecular flexibility index (Phi) is 16.4. The number of benzene rings is 1. The van der Waals surface area contributed by atoms with Gasteiger partial charge in [0.25, 0.3) is 5.09 Å². The van der Waals surface area contributed by atoms with E-state index in [-0.39, 0.29) is 36.7 Å². The third-order valence-corrected chi connectivity index (χ3v) is 7.25. The molecular formula is C31H46N2O8. The van der Waals surface area contributed by atoms with Crippen molar-refractivity contribution in [1.29, 1.82) is 0 Å². The first kappa shape index (κ1) is 34.0. The van der Waals surface area contributed by atoms with Crippen molar-refractivity contribution in [1.82, 2.24) is 5.32 Å². The summed E-state index contributed by atoms with van der Waals surface area (Å²) in [4.78, 5) is 38.7. The number of aryl methyl sites for hydroxylation is 1. The topological polar surface area (TPSA) is 148 Å². The van der Waals surface area contributed by atoms with Crippen LogP contribution in [0.4, 0.5) is 0 Å². The highest BCUT2D eigenvalue weighted by molar-refractivity contribution is 5.75. The summed E-state index contributed by atoms with van der Waals surface area (Å²) in [6, 6.07) is 9.93. The summed E-state index contributed by atoms with van der Waals surface area (Å²) in [5.74, 6) is -0.766. The number of aliphatic hydroxyl groups excluding tert-OH is 2. The van der Waals surface area contributed by atoms with Crippen molar-refractivity contribution in [3.05, 3.63) is 70.3 Å². The second-order valence-electron chi connectivity index (χ2n) is 10.5. The molecule has 1 unspecified atom stereocenters. The summed E-state index contributed by atoms with van der Waals surface area (Å²) in [5, 5.41) is 33.7. The van der Waals surface area contributed by atoms with Gasteiger partial charge in [0.2, 0.25) is 5.91 Å². The first-order chi connectivity index (χ1) is 19.8. The zero-order valence-corrected chi connectivity index (χ0v) is 24.1. The number of hydrogen-bond acceptors (Lipinski definition) is 8. The van der Waals surface area contributed by atoms with Gasteiger partial charge < -0.3 is 25.1 Å². The lowest BCUT2D eigenvalue weighted by atomic mass is 9.89. The normalized spacial score (nSPS) is 21.2. The molecule has 228 valence electrons. The van der Waals surface area contributed by atoms with Crippen LogP contribution in [0, 0.1) is 22.0 Å². The largest absolute Gasteiger partial charge is 0.462 e. The molecule has 1 aliphatic carbocycles. The van der Waals surface area contributed by atoms with E-state index < -0.39 is 23.4 Å². The van der Waals surface area contributed by atoms with Gasteiger partial charge in [-0.2, -0.15) is 0 Å². The highest BCUT2D eigenvalue weighted by Gasteiger charge is 2.42. The smallest absolute Gasteiger partial charge is 0.306 e. The number of allylic oxidation sites excluding steroid dienone is 2. The van der Waals surface area contributed by atoms with Crippen LogP contribution in [-0.2, 0) is 25.6 Å². The molecule has 2 rings (SSSR count). The predicted molar refractivity (Wildman–Crippen MR) is 155 cm³/mol. The lowest BCUT2D eigenvalue weighted by Crippen LogP contribution is -2.25. The predicted octanol–water partition coefficient (Wildman–Crippen LogP) is 4.47. The number of amides is 1. The number of ether oxygens (including phenoxy) is 1. The van der Waals surface area contributed by atoms with Crippen LogP contribution >= 0.6 is 0 Å². The van der Waals surface area contributed by atoms with Crippen molar-refractivity contribution < 1.29 is 34.5 Å². The first-order valence-electron chi connectivity index (χ1n) is 14.8. The minimum Gasteiger partial charge on any atom is -0.462 e. The number of nitrogens with zero attached hydrogens (tertiary/aromatic N) is 1. The standard InChI is InChI=1S/C31H46N2O8/c1-2-32-30(36)16-10-4-3-9-15-26-27(21-20-25(34)19-18-24-13-7-5-8-14-24)29(23-28(26)35)41-31(37)17-11-6-12-22-40-33(38)39/h3,5,7-9,13-14,20-21,25-29,34-35H,2,4,6,10-12,15-19,22-23H2,1H3,(H,32,36)/t25-,26+,27+,28-,29?/m0/s1. The Morgan fingerprint density at radius 3 is 2.66 bits per heavy atom. The van der Waals surface area contributed by atoms with Crippen LogP contribution < -0.4 is 5.32 Å². The Hall–Kier alpha value is -3.24. The maximum atomic E-state index is 12.6. The van der Waals surface area contributed by atoms with Gasteiger partial charge in [0.1, 0.15) is 6.10 Å². The van der Waals surface area contributed by atoms with Crippen LogP contribution in [0.1, 0.15) is 76.7 Å². The van der Waals surface area contributed by atoms with Gasteiger partial charge in [-0.25, -0.2) is 0 Å². The van der Waals surface area contributed by atoms with E-state index in [9.17, 15) is 29.9 Å². The Labute approximate surface area is 242 Å². The summed E-state index contributed by atoms with van der Waals surface area (Å²) in [5.41, 5.74) is 1.14. The van der Waals surface area contributed by atoms with Crippen molar-refractivity contribution in [3.63, 3.8) is 0 Å². The van der Waals surface area contributed by atoms with Gasteiger partial charge >= 0.3 is 5.97 Å². The molecule has 1 aromatic carbocycles. The average molecular weight is 575 g/mol. The maximum absolute atomic E-state index is 12.6. The van der Waals surface area contributed by atoms with E-state index in [1.807, 2.05) is 55.5 Å². The fraction of sp³-hybridized carbons (Fsp3) is 0.613. The molecule has 5 atom stereocenters. The fourth-order valence-corrected chi connectivity index (χ4v) is 5.07. The third kappa shape index (κ3) is 14.3. The molecule has 1 saturated carbocycles. The zero-order valence-electron chi connectivity index (χ0n) is 24.1. The maximum Gasteiger partial charge on any atom is 0.306 e. The van der Waals surface area contributed by atoms with Crippen LogP contribution in [0.25, 0.3) is 0 Å². The molecule has 0 aliphatic heterocycles. The summed E-state index contributed by atoms with van der Waals surface area (Å²) in [6.07, 6.45) is 11.7. The molecule has 10 nitrogen and oxygen atoms in total. The number of hydrogen-bond donors (Lipinski definition) is 3. The van der Waals surface area contributed by atoms with Crippen LogP contribution in [-0.4, -0.2) is 58.6 Å². The first-order valence-corrected chi connectivity index (χ1v) is 14.8. The molecule has 1 amide bonds. The molecular weight excluding hydrogens is 528 g/mol. The Morgan fingerprint density at radius 2 is 1.93 bits per heavy atom. The van der Waals surface area contributed by atoms with Gasteiger partial charge in [0, 0.05) is 31.7 Å². The van der Waals surface area contributed by atoms with E-state index in [0.29, 0.717) is 51.5 Å².